The number of benzene rings is 1. The minimum atomic E-state index is -0.793. The molecular weight excluding hydrogens is 345 g/mol. The van der Waals surface area contributed by atoms with E-state index in [2.05, 4.69) is 20.5 Å². The second-order valence-corrected chi connectivity index (χ2v) is 5.50. The molecule has 11 heteroatoms. The molecule has 1 aromatic carbocycles. The summed E-state index contributed by atoms with van der Waals surface area (Å²) in [4.78, 5) is 26.3. The summed E-state index contributed by atoms with van der Waals surface area (Å²) < 4.78 is 15.8. The Bertz CT molecular complexity index is 952. The SMILES string of the molecule is CC(C(=O)Nc1ncn(Cc2cccc(F)c2)n1)n1cc([N+](=O)[O-])cn1. The highest BCUT2D eigenvalue weighted by atomic mass is 19.1. The van der Waals surface area contributed by atoms with Crippen molar-refractivity contribution in [2.75, 3.05) is 5.32 Å². The molecule has 10 nitrogen and oxygen atoms in total. The van der Waals surface area contributed by atoms with Gasteiger partial charge in [-0.05, 0) is 24.6 Å². The Morgan fingerprint density at radius 3 is 2.96 bits per heavy atom. The quantitative estimate of drug-likeness (QED) is 0.529. The van der Waals surface area contributed by atoms with Crippen LogP contribution in [0.25, 0.3) is 0 Å². The molecule has 26 heavy (non-hydrogen) atoms. The first-order chi connectivity index (χ1) is 12.4. The van der Waals surface area contributed by atoms with Crippen LogP contribution in [0.3, 0.4) is 0 Å². The van der Waals surface area contributed by atoms with E-state index in [4.69, 9.17) is 0 Å². The van der Waals surface area contributed by atoms with Gasteiger partial charge in [-0.1, -0.05) is 12.1 Å². The van der Waals surface area contributed by atoms with Crippen molar-refractivity contribution < 1.29 is 14.1 Å². The highest BCUT2D eigenvalue weighted by Gasteiger charge is 2.20. The van der Waals surface area contributed by atoms with Gasteiger partial charge in [0.25, 0.3) is 5.91 Å². The molecule has 2 aromatic heterocycles. The van der Waals surface area contributed by atoms with Gasteiger partial charge in [0, 0.05) is 0 Å². The average molecular weight is 359 g/mol. The standard InChI is InChI=1S/C15H14FN7O3/c1-10(22-8-13(6-18-22)23(25)26)14(24)19-15-17-9-21(20-15)7-11-3-2-4-12(16)5-11/h2-6,8-10H,7H2,1H3,(H,19,20,24). The smallest absolute Gasteiger partial charge is 0.291 e. The molecule has 2 heterocycles. The van der Waals surface area contributed by atoms with Gasteiger partial charge in [-0.2, -0.15) is 5.10 Å². The molecule has 1 N–H and O–H groups in total. The topological polar surface area (TPSA) is 121 Å². The van der Waals surface area contributed by atoms with Crippen molar-refractivity contribution in [2.45, 2.75) is 19.5 Å². The summed E-state index contributed by atoms with van der Waals surface area (Å²) >= 11 is 0. The number of carbonyl (C=O) groups excluding carboxylic acids is 1. The fraction of sp³-hybridized carbons (Fsp3) is 0.200. The third kappa shape index (κ3) is 3.88. The Morgan fingerprint density at radius 2 is 2.27 bits per heavy atom. The second-order valence-electron chi connectivity index (χ2n) is 5.50. The minimum absolute atomic E-state index is 0.0694. The van der Waals surface area contributed by atoms with Crippen molar-refractivity contribution >= 4 is 17.5 Å². The summed E-state index contributed by atoms with van der Waals surface area (Å²) in [5.74, 6) is -0.760. The van der Waals surface area contributed by atoms with E-state index < -0.39 is 16.9 Å². The van der Waals surface area contributed by atoms with Crippen LogP contribution in [0.2, 0.25) is 0 Å². The van der Waals surface area contributed by atoms with Crippen molar-refractivity contribution in [3.8, 4) is 0 Å². The molecule has 1 unspecified atom stereocenters. The monoisotopic (exact) mass is 359 g/mol. The first-order valence-corrected chi connectivity index (χ1v) is 7.55. The van der Waals surface area contributed by atoms with Crippen LogP contribution in [0.1, 0.15) is 18.5 Å². The molecule has 134 valence electrons. The van der Waals surface area contributed by atoms with Crippen LogP contribution < -0.4 is 5.32 Å². The molecule has 0 fully saturated rings. The molecule has 0 aliphatic carbocycles. The molecule has 0 bridgehead atoms. The van der Waals surface area contributed by atoms with E-state index in [9.17, 15) is 19.3 Å². The van der Waals surface area contributed by atoms with Gasteiger partial charge >= 0.3 is 5.69 Å². The van der Waals surface area contributed by atoms with E-state index in [1.807, 2.05) is 0 Å². The number of rotatable bonds is 6. The van der Waals surface area contributed by atoms with Crippen LogP contribution in [-0.2, 0) is 11.3 Å². The zero-order chi connectivity index (χ0) is 18.7. The number of amides is 1. The number of nitro groups is 1. The highest BCUT2D eigenvalue weighted by molar-refractivity contribution is 5.91. The number of aromatic nitrogens is 5. The third-order valence-corrected chi connectivity index (χ3v) is 3.58. The third-order valence-electron chi connectivity index (χ3n) is 3.58. The lowest BCUT2D eigenvalue weighted by Gasteiger charge is -2.10. The number of hydrogen-bond donors (Lipinski definition) is 1. The zero-order valence-electron chi connectivity index (χ0n) is 13.6. The summed E-state index contributed by atoms with van der Waals surface area (Å²) in [6.07, 6.45) is 3.64. The fourth-order valence-electron chi connectivity index (χ4n) is 2.22. The lowest BCUT2D eigenvalue weighted by atomic mass is 10.2. The summed E-state index contributed by atoms with van der Waals surface area (Å²) in [5, 5.41) is 21.1. The van der Waals surface area contributed by atoms with Gasteiger partial charge < -0.3 is 0 Å². The van der Waals surface area contributed by atoms with E-state index in [0.29, 0.717) is 12.1 Å². The lowest BCUT2D eigenvalue weighted by Crippen LogP contribution is -2.24. The molecule has 0 aliphatic heterocycles. The summed E-state index contributed by atoms with van der Waals surface area (Å²) in [6.45, 7) is 1.83. The minimum Gasteiger partial charge on any atom is -0.291 e. The van der Waals surface area contributed by atoms with Gasteiger partial charge in [0.2, 0.25) is 5.95 Å². The molecule has 0 saturated heterocycles. The Kier molecular flexibility index (Phi) is 4.69. The van der Waals surface area contributed by atoms with Gasteiger partial charge in [-0.25, -0.2) is 14.1 Å². The average Bonchev–Trinajstić information content (AvgIpc) is 3.24. The van der Waals surface area contributed by atoms with Crippen LogP contribution >= 0.6 is 0 Å². The number of anilines is 1. The van der Waals surface area contributed by atoms with E-state index in [1.165, 1.54) is 40.9 Å². The maximum absolute atomic E-state index is 13.2. The van der Waals surface area contributed by atoms with Crippen LogP contribution in [0.15, 0.2) is 43.0 Å². The molecule has 3 aromatic rings. The van der Waals surface area contributed by atoms with Crippen LogP contribution in [0.5, 0.6) is 0 Å². The van der Waals surface area contributed by atoms with E-state index in [1.54, 1.807) is 12.1 Å². The molecular formula is C15H14FN7O3. The van der Waals surface area contributed by atoms with Gasteiger partial charge in [-0.15, -0.1) is 5.10 Å². The largest absolute Gasteiger partial charge is 0.307 e. The van der Waals surface area contributed by atoms with Crippen LogP contribution in [-0.4, -0.2) is 35.4 Å². The summed E-state index contributed by atoms with van der Waals surface area (Å²) in [6, 6.07) is 5.27. The molecule has 0 saturated carbocycles. The van der Waals surface area contributed by atoms with Crippen molar-refractivity contribution in [1.29, 1.82) is 0 Å². The molecule has 0 aliphatic rings. The maximum Gasteiger partial charge on any atom is 0.307 e. The number of halogens is 1. The van der Waals surface area contributed by atoms with Gasteiger partial charge in [0.05, 0.1) is 11.5 Å². The van der Waals surface area contributed by atoms with Crippen LogP contribution in [0, 0.1) is 15.9 Å². The van der Waals surface area contributed by atoms with Crippen molar-refractivity contribution in [3.63, 3.8) is 0 Å². The number of nitrogens with zero attached hydrogens (tertiary/aromatic N) is 6. The zero-order valence-corrected chi connectivity index (χ0v) is 13.6. The first-order valence-electron chi connectivity index (χ1n) is 7.55. The number of nitrogens with one attached hydrogen (secondary N) is 1. The van der Waals surface area contributed by atoms with E-state index >= 15 is 0 Å². The molecule has 1 amide bonds. The van der Waals surface area contributed by atoms with Crippen molar-refractivity contribution in [2.24, 2.45) is 0 Å². The van der Waals surface area contributed by atoms with Gasteiger partial charge in [-0.3, -0.25) is 24.9 Å². The first kappa shape index (κ1) is 17.2. The normalized spacial score (nSPS) is 11.9. The highest BCUT2D eigenvalue weighted by Crippen LogP contribution is 2.14. The Balaban J connectivity index is 1.64. The van der Waals surface area contributed by atoms with E-state index in [-0.39, 0.29) is 17.5 Å². The summed E-state index contributed by atoms with van der Waals surface area (Å²) in [5.41, 5.74) is 0.493. The van der Waals surface area contributed by atoms with Crippen LogP contribution in [0.4, 0.5) is 16.0 Å². The molecule has 1 atom stereocenters. The molecule has 0 radical (unpaired) electrons. The molecule has 0 spiro atoms. The lowest BCUT2D eigenvalue weighted by molar-refractivity contribution is -0.385. The van der Waals surface area contributed by atoms with Gasteiger partial charge in [0.15, 0.2) is 0 Å². The molecule has 3 rings (SSSR count). The van der Waals surface area contributed by atoms with Crippen molar-refractivity contribution in [3.05, 3.63) is 64.5 Å². The van der Waals surface area contributed by atoms with Gasteiger partial charge in [0.1, 0.15) is 30.6 Å². The predicted molar refractivity (Wildman–Crippen MR) is 87.7 cm³/mol. The predicted octanol–water partition coefficient (Wildman–Crippen LogP) is 1.77. The number of carbonyl (C=O) groups is 1. The summed E-state index contributed by atoms with van der Waals surface area (Å²) in [7, 11) is 0. The van der Waals surface area contributed by atoms with E-state index in [0.717, 1.165) is 6.20 Å². The maximum atomic E-state index is 13.2. The fourth-order valence-corrected chi connectivity index (χ4v) is 2.22. The Hall–Kier alpha value is -3.63. The van der Waals surface area contributed by atoms with Crippen molar-refractivity contribution in [1.82, 2.24) is 24.5 Å². The number of hydrogen-bond acceptors (Lipinski definition) is 6. The Labute approximate surface area is 146 Å². The Morgan fingerprint density at radius 1 is 1.46 bits per heavy atom. The second kappa shape index (κ2) is 7.09.